The molecule has 0 aliphatic heterocycles. The lowest BCUT2D eigenvalue weighted by Gasteiger charge is -2.11. The van der Waals surface area contributed by atoms with Crippen molar-refractivity contribution in [1.82, 2.24) is 20.2 Å². The van der Waals surface area contributed by atoms with Crippen molar-refractivity contribution in [1.29, 1.82) is 0 Å². The van der Waals surface area contributed by atoms with Crippen LogP contribution in [0.4, 0.5) is 18.9 Å². The van der Waals surface area contributed by atoms with Gasteiger partial charge in [-0.3, -0.25) is 0 Å². The summed E-state index contributed by atoms with van der Waals surface area (Å²) in [6.45, 7) is -1.28. The van der Waals surface area contributed by atoms with Crippen molar-refractivity contribution in [2.45, 2.75) is 12.7 Å². The summed E-state index contributed by atoms with van der Waals surface area (Å²) in [6.07, 6.45) is -4.42. The first-order valence-electron chi connectivity index (χ1n) is 5.17. The zero-order valence-corrected chi connectivity index (χ0v) is 9.85. The number of hydrogen-bond donors (Lipinski definition) is 1. The van der Waals surface area contributed by atoms with Crippen LogP contribution in [0, 0.1) is 0 Å². The Morgan fingerprint density at radius 3 is 2.74 bits per heavy atom. The van der Waals surface area contributed by atoms with E-state index in [1.54, 1.807) is 6.07 Å². The summed E-state index contributed by atoms with van der Waals surface area (Å²) >= 11 is 0. The van der Waals surface area contributed by atoms with Gasteiger partial charge >= 0.3 is 6.18 Å². The summed E-state index contributed by atoms with van der Waals surface area (Å²) in [5, 5.41) is 10.2. The number of aromatic nitrogens is 4. The first kappa shape index (κ1) is 13.1. The van der Waals surface area contributed by atoms with Crippen molar-refractivity contribution in [2.75, 3.05) is 12.8 Å². The number of halogens is 3. The smallest absolute Gasteiger partial charge is 0.408 e. The molecule has 0 unspecified atom stereocenters. The number of nitrogens with zero attached hydrogens (tertiary/aromatic N) is 4. The number of nitrogens with two attached hydrogens (primary N) is 1. The van der Waals surface area contributed by atoms with E-state index in [-0.39, 0.29) is 5.82 Å². The van der Waals surface area contributed by atoms with Gasteiger partial charge in [-0.25, -0.2) is 4.68 Å². The van der Waals surface area contributed by atoms with Gasteiger partial charge in [-0.15, -0.1) is 5.10 Å². The van der Waals surface area contributed by atoms with Crippen LogP contribution in [0.15, 0.2) is 18.2 Å². The lowest BCUT2D eigenvalue weighted by Crippen LogP contribution is -2.19. The van der Waals surface area contributed by atoms with Crippen molar-refractivity contribution in [3.8, 4) is 17.1 Å². The molecule has 102 valence electrons. The summed E-state index contributed by atoms with van der Waals surface area (Å²) in [4.78, 5) is 0. The van der Waals surface area contributed by atoms with Crippen molar-refractivity contribution in [3.05, 3.63) is 18.2 Å². The van der Waals surface area contributed by atoms with E-state index in [9.17, 15) is 13.2 Å². The molecule has 6 nitrogen and oxygen atoms in total. The molecule has 2 rings (SSSR count). The molecule has 0 aliphatic rings. The number of ether oxygens (including phenoxy) is 1. The number of rotatable bonds is 3. The molecule has 0 saturated heterocycles. The molecule has 0 amide bonds. The van der Waals surface area contributed by atoms with Crippen molar-refractivity contribution < 1.29 is 17.9 Å². The molecular formula is C10H10F3N5O. The normalized spacial score (nSPS) is 11.6. The first-order chi connectivity index (χ1) is 8.90. The van der Waals surface area contributed by atoms with E-state index in [2.05, 4.69) is 15.5 Å². The van der Waals surface area contributed by atoms with Gasteiger partial charge in [-0.2, -0.15) is 13.2 Å². The van der Waals surface area contributed by atoms with Crippen LogP contribution in [-0.4, -0.2) is 33.5 Å². The highest BCUT2D eigenvalue weighted by Gasteiger charge is 2.31. The maximum absolute atomic E-state index is 12.4. The average molecular weight is 273 g/mol. The number of tetrazole rings is 1. The fraction of sp³-hybridized carbons (Fsp3) is 0.300. The standard InChI is InChI=1S/C10H10F3N5O/c1-19-8-3-2-6(14)4-7(8)9-15-16-17-18(9)5-10(11,12)13/h2-4H,5,14H2,1H3. The van der Waals surface area contributed by atoms with Gasteiger partial charge in [0.05, 0.1) is 12.7 Å². The maximum atomic E-state index is 12.4. The van der Waals surface area contributed by atoms with Crippen LogP contribution in [0.5, 0.6) is 5.75 Å². The number of nitrogen functional groups attached to an aromatic ring is 1. The van der Waals surface area contributed by atoms with Crippen molar-refractivity contribution in [3.63, 3.8) is 0 Å². The van der Waals surface area contributed by atoms with E-state index < -0.39 is 12.7 Å². The number of benzene rings is 1. The summed E-state index contributed by atoms with van der Waals surface area (Å²) in [5.74, 6) is 0.286. The molecule has 0 atom stereocenters. The van der Waals surface area contributed by atoms with Gasteiger partial charge in [0.25, 0.3) is 0 Å². The van der Waals surface area contributed by atoms with Gasteiger partial charge in [0, 0.05) is 5.69 Å². The minimum atomic E-state index is -4.42. The van der Waals surface area contributed by atoms with Gasteiger partial charge in [0.15, 0.2) is 5.82 Å². The molecule has 0 bridgehead atoms. The Hall–Kier alpha value is -2.32. The highest BCUT2D eigenvalue weighted by Crippen LogP contribution is 2.31. The van der Waals surface area contributed by atoms with Crippen LogP contribution in [0.3, 0.4) is 0 Å². The zero-order chi connectivity index (χ0) is 14.0. The Morgan fingerprint density at radius 2 is 2.11 bits per heavy atom. The third kappa shape index (κ3) is 2.92. The molecule has 0 fully saturated rings. The number of methoxy groups -OCH3 is 1. The minimum absolute atomic E-state index is 0.0542. The monoisotopic (exact) mass is 273 g/mol. The van der Waals surface area contributed by atoms with Gasteiger partial charge in [0.2, 0.25) is 0 Å². The molecule has 1 aromatic heterocycles. The third-order valence-electron chi connectivity index (χ3n) is 2.33. The summed E-state index contributed by atoms with van der Waals surface area (Å²) in [5.41, 5.74) is 6.29. The quantitative estimate of drug-likeness (QED) is 0.857. The lowest BCUT2D eigenvalue weighted by molar-refractivity contribution is -0.142. The van der Waals surface area contributed by atoms with E-state index >= 15 is 0 Å². The molecule has 2 N–H and O–H groups in total. The molecular weight excluding hydrogens is 263 g/mol. The van der Waals surface area contributed by atoms with E-state index in [1.165, 1.54) is 19.2 Å². The fourth-order valence-electron chi connectivity index (χ4n) is 1.57. The largest absolute Gasteiger partial charge is 0.496 e. The van der Waals surface area contributed by atoms with Crippen LogP contribution in [0.2, 0.25) is 0 Å². The van der Waals surface area contributed by atoms with Gasteiger partial charge in [-0.05, 0) is 28.6 Å². The summed E-state index contributed by atoms with van der Waals surface area (Å²) < 4.78 is 42.9. The van der Waals surface area contributed by atoms with E-state index in [4.69, 9.17) is 10.5 Å². The van der Waals surface area contributed by atoms with Crippen molar-refractivity contribution in [2.24, 2.45) is 0 Å². The zero-order valence-electron chi connectivity index (χ0n) is 9.85. The topological polar surface area (TPSA) is 78.8 Å². The van der Waals surface area contributed by atoms with E-state index in [1.807, 2.05) is 0 Å². The Morgan fingerprint density at radius 1 is 1.37 bits per heavy atom. The van der Waals surface area contributed by atoms with Crippen LogP contribution in [0.1, 0.15) is 0 Å². The van der Waals surface area contributed by atoms with Crippen LogP contribution in [-0.2, 0) is 6.54 Å². The molecule has 0 aliphatic carbocycles. The van der Waals surface area contributed by atoms with Crippen LogP contribution >= 0.6 is 0 Å². The average Bonchev–Trinajstić information content (AvgIpc) is 2.74. The Kier molecular flexibility index (Phi) is 3.28. The number of anilines is 1. The number of hydrogen-bond acceptors (Lipinski definition) is 5. The van der Waals surface area contributed by atoms with Gasteiger partial charge in [-0.1, -0.05) is 0 Å². The predicted octanol–water partition coefficient (Wildman–Crippen LogP) is 1.49. The molecule has 2 aromatic rings. The molecule has 0 saturated carbocycles. The molecule has 9 heteroatoms. The lowest BCUT2D eigenvalue weighted by atomic mass is 10.1. The molecule has 1 aromatic carbocycles. The summed E-state index contributed by atoms with van der Waals surface area (Å²) in [7, 11) is 1.40. The SMILES string of the molecule is COc1ccc(N)cc1-c1nnnn1CC(F)(F)F. The Balaban J connectivity index is 2.48. The Bertz CT molecular complexity index is 581. The minimum Gasteiger partial charge on any atom is -0.496 e. The maximum Gasteiger partial charge on any atom is 0.408 e. The highest BCUT2D eigenvalue weighted by atomic mass is 19.4. The van der Waals surface area contributed by atoms with Gasteiger partial charge < -0.3 is 10.5 Å². The van der Waals surface area contributed by atoms with E-state index in [0.29, 0.717) is 21.7 Å². The van der Waals surface area contributed by atoms with Crippen LogP contribution in [0.25, 0.3) is 11.4 Å². The second-order valence-electron chi connectivity index (χ2n) is 3.74. The van der Waals surface area contributed by atoms with Crippen LogP contribution < -0.4 is 10.5 Å². The molecule has 19 heavy (non-hydrogen) atoms. The van der Waals surface area contributed by atoms with E-state index in [0.717, 1.165) is 0 Å². The predicted molar refractivity (Wildman–Crippen MR) is 60.3 cm³/mol. The second-order valence-corrected chi connectivity index (χ2v) is 3.74. The highest BCUT2D eigenvalue weighted by molar-refractivity contribution is 5.68. The third-order valence-corrected chi connectivity index (χ3v) is 2.33. The van der Waals surface area contributed by atoms with Crippen molar-refractivity contribution >= 4 is 5.69 Å². The van der Waals surface area contributed by atoms with Gasteiger partial charge in [0.1, 0.15) is 12.3 Å². The second kappa shape index (κ2) is 4.75. The summed E-state index contributed by atoms with van der Waals surface area (Å²) in [6, 6.07) is 4.56. The molecule has 0 spiro atoms. The first-order valence-corrected chi connectivity index (χ1v) is 5.17. The Labute approximate surface area is 106 Å². The molecule has 0 radical (unpaired) electrons. The number of alkyl halides is 3. The fourth-order valence-corrected chi connectivity index (χ4v) is 1.57. The molecule has 1 heterocycles.